The summed E-state index contributed by atoms with van der Waals surface area (Å²) in [5, 5.41) is 2.35. The second-order valence-electron chi connectivity index (χ2n) is 14.9. The highest BCUT2D eigenvalue weighted by Crippen LogP contribution is 2.59. The van der Waals surface area contributed by atoms with E-state index in [0.717, 1.165) is 40.7 Å². The summed E-state index contributed by atoms with van der Waals surface area (Å²) in [5.74, 6) is 0.443. The van der Waals surface area contributed by atoms with E-state index in [1.165, 1.54) is 38.8 Å². The Morgan fingerprint density at radius 1 is 0.775 bits per heavy atom. The van der Waals surface area contributed by atoms with Crippen molar-refractivity contribution in [3.63, 3.8) is 0 Å². The van der Waals surface area contributed by atoms with Crippen LogP contribution < -0.4 is 0 Å². The minimum absolute atomic E-state index is 0.0680. The fraction of sp³-hybridized carbons (Fsp3) is 0.395. The van der Waals surface area contributed by atoms with Crippen LogP contribution >= 0.6 is 0 Å². The third kappa shape index (κ3) is 4.37. The van der Waals surface area contributed by atoms with Gasteiger partial charge < -0.3 is 4.42 Å². The molecule has 3 aromatic carbocycles. The van der Waals surface area contributed by atoms with Gasteiger partial charge in [0.2, 0.25) is 0 Å². The van der Waals surface area contributed by atoms with Crippen molar-refractivity contribution in [2.24, 2.45) is 10.8 Å². The molecule has 2 aromatic heterocycles. The number of aryl methyl sites for hydroxylation is 1. The number of rotatable bonds is 4. The van der Waals surface area contributed by atoms with Crippen LogP contribution in [0.4, 0.5) is 0 Å². The molecule has 2 heterocycles. The molecule has 0 bridgehead atoms. The molecule has 0 radical (unpaired) electrons. The van der Waals surface area contributed by atoms with Crippen molar-refractivity contribution in [1.82, 2.24) is 4.98 Å². The molecule has 206 valence electrons. The highest BCUT2D eigenvalue weighted by Gasteiger charge is 2.47. The van der Waals surface area contributed by atoms with Gasteiger partial charge >= 0.3 is 0 Å². The minimum atomic E-state index is -0.0680. The van der Waals surface area contributed by atoms with E-state index in [9.17, 15) is 0 Å². The molecule has 0 aliphatic heterocycles. The Labute approximate surface area is 239 Å². The van der Waals surface area contributed by atoms with Gasteiger partial charge in [0.05, 0.1) is 5.69 Å². The number of fused-ring (bicyclic) bond motifs is 6. The normalized spacial score (nSPS) is 14.8. The van der Waals surface area contributed by atoms with E-state index in [-0.39, 0.29) is 16.2 Å². The fourth-order valence-corrected chi connectivity index (χ4v) is 7.40. The van der Waals surface area contributed by atoms with Gasteiger partial charge in [-0.1, -0.05) is 91.8 Å². The van der Waals surface area contributed by atoms with Crippen molar-refractivity contribution in [3.05, 3.63) is 89.1 Å². The van der Waals surface area contributed by atoms with Gasteiger partial charge in [0, 0.05) is 27.9 Å². The Morgan fingerprint density at radius 2 is 1.48 bits per heavy atom. The zero-order chi connectivity index (χ0) is 28.6. The minimum Gasteiger partial charge on any atom is -0.455 e. The van der Waals surface area contributed by atoms with Gasteiger partial charge in [0.15, 0.2) is 0 Å². The highest BCUT2D eigenvalue weighted by molar-refractivity contribution is 6.12. The predicted octanol–water partition coefficient (Wildman–Crippen LogP) is 11.2. The summed E-state index contributed by atoms with van der Waals surface area (Å²) in [6.07, 6.45) is 4.11. The number of hydrogen-bond acceptors (Lipinski definition) is 2. The second-order valence-corrected chi connectivity index (χ2v) is 14.9. The summed E-state index contributed by atoms with van der Waals surface area (Å²) in [4.78, 5) is 4.81. The molecule has 1 aliphatic rings. The first-order valence-electron chi connectivity index (χ1n) is 14.8. The second kappa shape index (κ2) is 9.06. The lowest BCUT2D eigenvalue weighted by molar-refractivity contribution is 0.214. The van der Waals surface area contributed by atoms with Crippen molar-refractivity contribution in [1.29, 1.82) is 0 Å². The van der Waals surface area contributed by atoms with Crippen molar-refractivity contribution < 1.29 is 4.42 Å². The first-order valence-corrected chi connectivity index (χ1v) is 14.8. The van der Waals surface area contributed by atoms with E-state index >= 15 is 0 Å². The van der Waals surface area contributed by atoms with Crippen LogP contribution in [0.25, 0.3) is 44.3 Å². The topological polar surface area (TPSA) is 26.0 Å². The van der Waals surface area contributed by atoms with Crippen LogP contribution in [0.3, 0.4) is 0 Å². The SMILES string of the molecule is Cc1ccc2c(oc3cc4c(cc32)-c2ccccc2C4(CC(C)(C)C)CC(C)(C)C)c1-c1cc(C(C)C)ccn1. The molecule has 0 fully saturated rings. The van der Waals surface area contributed by atoms with Crippen LogP contribution in [-0.2, 0) is 5.41 Å². The Bertz CT molecular complexity index is 1740. The molecule has 2 nitrogen and oxygen atoms in total. The van der Waals surface area contributed by atoms with Crippen LogP contribution in [0, 0.1) is 17.8 Å². The summed E-state index contributed by atoms with van der Waals surface area (Å²) in [5.41, 5.74) is 12.4. The summed E-state index contributed by atoms with van der Waals surface area (Å²) in [7, 11) is 0. The fourth-order valence-electron chi connectivity index (χ4n) is 7.40. The van der Waals surface area contributed by atoms with Crippen molar-refractivity contribution in [2.45, 2.75) is 86.5 Å². The molecule has 0 amide bonds. The van der Waals surface area contributed by atoms with Crippen molar-refractivity contribution in [3.8, 4) is 22.4 Å². The molecule has 2 heteroatoms. The molecule has 5 aromatic rings. The Balaban J connectivity index is 1.66. The molecular weight excluding hydrogens is 486 g/mol. The zero-order valence-electron chi connectivity index (χ0n) is 25.7. The maximum atomic E-state index is 6.86. The van der Waals surface area contributed by atoms with Crippen molar-refractivity contribution >= 4 is 21.9 Å². The molecule has 0 spiro atoms. The van der Waals surface area contributed by atoms with Gasteiger partial charge in [-0.15, -0.1) is 0 Å². The highest BCUT2D eigenvalue weighted by atomic mass is 16.3. The monoisotopic (exact) mass is 529 g/mol. The summed E-state index contributed by atoms with van der Waals surface area (Å²) >= 11 is 0. The van der Waals surface area contributed by atoms with E-state index in [0.29, 0.717) is 5.92 Å². The number of aromatic nitrogens is 1. The number of furan rings is 1. The first kappa shape index (κ1) is 26.8. The molecule has 0 saturated heterocycles. The quantitative estimate of drug-likeness (QED) is 0.231. The number of benzene rings is 3. The van der Waals surface area contributed by atoms with Crippen LogP contribution in [0.5, 0.6) is 0 Å². The van der Waals surface area contributed by atoms with Gasteiger partial charge in [0.25, 0.3) is 0 Å². The summed E-state index contributed by atoms with van der Waals surface area (Å²) in [6, 6.07) is 22.7. The average molecular weight is 530 g/mol. The number of pyridine rings is 1. The van der Waals surface area contributed by atoms with E-state index in [2.05, 4.69) is 123 Å². The average Bonchev–Trinajstić information content (AvgIpc) is 3.34. The standard InChI is InChI=1S/C38H43NO/c1-23(2)25-16-17-39-32(18-25)34-24(3)14-15-27-29-19-28-26-12-10-11-13-30(26)38(21-36(4,5)6,22-37(7,8)9)31(28)20-33(29)40-35(27)34/h10-20,23H,21-22H2,1-9H3. The molecule has 0 unspecified atom stereocenters. The number of nitrogens with zero attached hydrogens (tertiary/aromatic N) is 1. The van der Waals surface area contributed by atoms with Gasteiger partial charge in [0.1, 0.15) is 11.2 Å². The third-order valence-corrected chi connectivity index (χ3v) is 8.61. The first-order chi connectivity index (χ1) is 18.8. The number of hydrogen-bond donors (Lipinski definition) is 0. The molecule has 1 aliphatic carbocycles. The lowest BCUT2D eigenvalue weighted by Crippen LogP contribution is -2.35. The molecule has 0 atom stereocenters. The Kier molecular flexibility index (Phi) is 6.07. The van der Waals surface area contributed by atoms with Gasteiger partial charge in [-0.05, 0) is 94.2 Å². The summed E-state index contributed by atoms with van der Waals surface area (Å²) in [6.45, 7) is 20.9. The zero-order valence-corrected chi connectivity index (χ0v) is 25.7. The smallest absolute Gasteiger partial charge is 0.145 e. The largest absolute Gasteiger partial charge is 0.455 e. The lowest BCUT2D eigenvalue weighted by atomic mass is 9.62. The van der Waals surface area contributed by atoms with Crippen LogP contribution in [0.1, 0.15) is 96.4 Å². The maximum absolute atomic E-state index is 6.86. The van der Waals surface area contributed by atoms with Crippen LogP contribution in [-0.4, -0.2) is 4.98 Å². The Morgan fingerprint density at radius 3 is 2.15 bits per heavy atom. The lowest BCUT2D eigenvalue weighted by Gasteiger charge is -2.42. The third-order valence-electron chi connectivity index (χ3n) is 8.61. The van der Waals surface area contributed by atoms with Crippen molar-refractivity contribution in [2.75, 3.05) is 0 Å². The van der Waals surface area contributed by atoms with E-state index in [4.69, 9.17) is 9.40 Å². The van der Waals surface area contributed by atoms with E-state index < -0.39 is 0 Å². The molecule has 40 heavy (non-hydrogen) atoms. The molecule has 0 N–H and O–H groups in total. The molecule has 6 rings (SSSR count). The summed E-state index contributed by atoms with van der Waals surface area (Å²) < 4.78 is 6.86. The predicted molar refractivity (Wildman–Crippen MR) is 170 cm³/mol. The molecular formula is C38H43NO. The van der Waals surface area contributed by atoms with Gasteiger partial charge in [-0.3, -0.25) is 4.98 Å². The van der Waals surface area contributed by atoms with Crippen LogP contribution in [0.15, 0.2) is 71.3 Å². The van der Waals surface area contributed by atoms with Crippen LogP contribution in [0.2, 0.25) is 0 Å². The Hall–Kier alpha value is -3.39. The van der Waals surface area contributed by atoms with Gasteiger partial charge in [-0.2, -0.15) is 0 Å². The maximum Gasteiger partial charge on any atom is 0.145 e. The van der Waals surface area contributed by atoms with Gasteiger partial charge in [-0.25, -0.2) is 0 Å². The van der Waals surface area contributed by atoms with E-state index in [1.54, 1.807) is 0 Å². The van der Waals surface area contributed by atoms with E-state index in [1.807, 2.05) is 6.20 Å². The molecule has 0 saturated carbocycles.